The van der Waals surface area contributed by atoms with Crippen molar-refractivity contribution in [3.05, 3.63) is 46.6 Å². The number of rotatable bonds is 9. The van der Waals surface area contributed by atoms with E-state index in [0.717, 1.165) is 12.1 Å². The van der Waals surface area contributed by atoms with Gasteiger partial charge in [-0.05, 0) is 31.2 Å². The monoisotopic (exact) mass is 726 g/mol. The molecule has 2 aromatic carbocycles. The van der Waals surface area contributed by atoms with Crippen molar-refractivity contribution in [2.45, 2.75) is 92.9 Å². The average molecular weight is 727 g/mol. The number of aromatic hydroxyl groups is 2. The van der Waals surface area contributed by atoms with Crippen LogP contribution in [0.5, 0.6) is 23.0 Å². The van der Waals surface area contributed by atoms with E-state index in [1.54, 1.807) is 0 Å². The number of phenolic OH excluding ortho intramolecular Hbond substituents is 2. The molecule has 3 aliphatic rings. The minimum atomic E-state index is -1.98. The van der Waals surface area contributed by atoms with Gasteiger partial charge in [-0.2, -0.15) is 0 Å². The minimum Gasteiger partial charge on any atom is -0.508 e. The summed E-state index contributed by atoms with van der Waals surface area (Å²) in [5.74, 6) is -2.00. The fourth-order valence-corrected chi connectivity index (χ4v) is 5.94. The van der Waals surface area contributed by atoms with E-state index in [1.165, 1.54) is 31.2 Å². The van der Waals surface area contributed by atoms with Crippen molar-refractivity contribution in [1.29, 1.82) is 0 Å². The number of ether oxygens (including phenoxy) is 6. The molecule has 6 rings (SSSR count). The Morgan fingerprint density at radius 1 is 0.686 bits per heavy atom. The summed E-state index contributed by atoms with van der Waals surface area (Å²) in [6.45, 7) is 0.189. The van der Waals surface area contributed by atoms with Gasteiger partial charge in [0.15, 0.2) is 12.1 Å². The average Bonchev–Trinajstić information content (AvgIpc) is 3.37. The molecule has 3 saturated heterocycles. The van der Waals surface area contributed by atoms with Gasteiger partial charge in [0, 0.05) is 17.7 Å². The largest absolute Gasteiger partial charge is 0.508 e. The molecular weight excluding hydrogens is 688 g/mol. The third-order valence-corrected chi connectivity index (χ3v) is 8.92. The van der Waals surface area contributed by atoms with Crippen molar-refractivity contribution in [2.75, 3.05) is 13.2 Å². The van der Waals surface area contributed by atoms with E-state index in [9.17, 15) is 61.0 Å². The molecule has 1 aromatic heterocycles. The standard InChI is InChI=1S/C32H38O19/c1-10-19(36)23(40)26(43)30(46-10)45-9-17-21(38)24(41)27(44)32(50-17)51-29-22(39)18-14(35)6-13(47-31-25(42)20(37)16(8-33)49-31)7-15(18)48-28(29)11-2-4-12(34)5-3-11/h2-7,10,16-17,19-21,23-27,30-38,40-44H,8-9H2,1H3/t10-,16-,17+,19-,20+,21-,23+,24-,25-,26-,27+,30+,31-,32-/m0/s1. The highest BCUT2D eigenvalue weighted by atomic mass is 16.7. The van der Waals surface area contributed by atoms with Crippen LogP contribution in [0, 0.1) is 0 Å². The van der Waals surface area contributed by atoms with E-state index in [-0.39, 0.29) is 28.4 Å². The second-order valence-corrected chi connectivity index (χ2v) is 12.4. The molecule has 3 aliphatic heterocycles. The molecule has 0 amide bonds. The van der Waals surface area contributed by atoms with Gasteiger partial charge in [-0.25, -0.2) is 0 Å². The molecule has 0 radical (unpaired) electrons. The molecule has 19 heteroatoms. The van der Waals surface area contributed by atoms with E-state index in [4.69, 9.17) is 32.8 Å². The lowest BCUT2D eigenvalue weighted by atomic mass is 9.98. The normalized spacial score (nSPS) is 37.1. The molecule has 51 heavy (non-hydrogen) atoms. The lowest BCUT2D eigenvalue weighted by Crippen LogP contribution is -2.61. The summed E-state index contributed by atoms with van der Waals surface area (Å²) >= 11 is 0. The molecule has 3 aromatic rings. The molecule has 0 bridgehead atoms. The number of hydrogen-bond acceptors (Lipinski definition) is 19. The van der Waals surface area contributed by atoms with Gasteiger partial charge in [0.1, 0.15) is 89.3 Å². The van der Waals surface area contributed by atoms with Gasteiger partial charge in [0.25, 0.3) is 0 Å². The fourth-order valence-electron chi connectivity index (χ4n) is 5.94. The first-order valence-corrected chi connectivity index (χ1v) is 15.8. The van der Waals surface area contributed by atoms with E-state index in [0.29, 0.717) is 0 Å². The highest BCUT2D eigenvalue weighted by Gasteiger charge is 2.48. The predicted molar refractivity (Wildman–Crippen MR) is 165 cm³/mol. The maximum absolute atomic E-state index is 14.0. The van der Waals surface area contributed by atoms with E-state index in [2.05, 4.69) is 0 Å². The lowest BCUT2D eigenvalue weighted by molar-refractivity contribution is -0.318. The number of phenols is 2. The Morgan fingerprint density at radius 2 is 1.27 bits per heavy atom. The van der Waals surface area contributed by atoms with Crippen LogP contribution in [0.25, 0.3) is 22.3 Å². The lowest BCUT2D eigenvalue weighted by Gasteiger charge is -2.42. The molecule has 0 unspecified atom stereocenters. The van der Waals surface area contributed by atoms with E-state index >= 15 is 0 Å². The molecule has 0 spiro atoms. The Labute approximate surface area is 287 Å². The first-order valence-electron chi connectivity index (χ1n) is 15.8. The van der Waals surface area contributed by atoms with Crippen molar-refractivity contribution in [1.82, 2.24) is 0 Å². The van der Waals surface area contributed by atoms with Crippen molar-refractivity contribution < 1.29 is 89.0 Å². The molecule has 0 aliphatic carbocycles. The zero-order valence-corrected chi connectivity index (χ0v) is 26.6. The fraction of sp³-hybridized carbons (Fsp3) is 0.531. The van der Waals surface area contributed by atoms with Gasteiger partial charge in [0.2, 0.25) is 23.8 Å². The summed E-state index contributed by atoms with van der Waals surface area (Å²) < 4.78 is 39.2. The van der Waals surface area contributed by atoms with Gasteiger partial charge in [0.05, 0.1) is 19.3 Å². The summed E-state index contributed by atoms with van der Waals surface area (Å²) in [7, 11) is 0. The quantitative estimate of drug-likeness (QED) is 0.103. The first kappa shape index (κ1) is 37.1. The third kappa shape index (κ3) is 7.09. The van der Waals surface area contributed by atoms with Gasteiger partial charge >= 0.3 is 0 Å². The van der Waals surface area contributed by atoms with Crippen molar-refractivity contribution in [2.24, 2.45) is 0 Å². The van der Waals surface area contributed by atoms with Crippen LogP contribution in [-0.4, -0.2) is 155 Å². The Morgan fingerprint density at radius 3 is 1.94 bits per heavy atom. The van der Waals surface area contributed by atoms with Crippen LogP contribution in [-0.2, 0) is 18.9 Å². The van der Waals surface area contributed by atoms with Crippen molar-refractivity contribution >= 4 is 11.0 Å². The van der Waals surface area contributed by atoms with Crippen LogP contribution in [0.4, 0.5) is 0 Å². The zero-order chi connectivity index (χ0) is 36.9. The second kappa shape index (κ2) is 14.8. The smallest absolute Gasteiger partial charge is 0.239 e. The van der Waals surface area contributed by atoms with Crippen LogP contribution in [0.2, 0.25) is 0 Å². The Kier molecular flexibility index (Phi) is 10.7. The molecule has 14 atom stereocenters. The molecule has 19 nitrogen and oxygen atoms in total. The van der Waals surface area contributed by atoms with Gasteiger partial charge in [-0.3, -0.25) is 4.79 Å². The Hall–Kier alpha value is -3.67. The summed E-state index contributed by atoms with van der Waals surface area (Å²) in [5, 5.41) is 113. The molecule has 4 heterocycles. The third-order valence-electron chi connectivity index (χ3n) is 8.92. The highest BCUT2D eigenvalue weighted by Crippen LogP contribution is 2.39. The molecular formula is C32H38O19. The van der Waals surface area contributed by atoms with E-state index in [1.807, 2.05) is 0 Å². The van der Waals surface area contributed by atoms with Crippen molar-refractivity contribution in [3.63, 3.8) is 0 Å². The van der Waals surface area contributed by atoms with Crippen LogP contribution >= 0.6 is 0 Å². The van der Waals surface area contributed by atoms with Crippen LogP contribution in [0.3, 0.4) is 0 Å². The Balaban J connectivity index is 1.31. The summed E-state index contributed by atoms with van der Waals surface area (Å²) in [6.07, 6.45) is -22.0. The molecule has 280 valence electrons. The minimum absolute atomic E-state index is 0.139. The topological polar surface area (TPSA) is 308 Å². The van der Waals surface area contributed by atoms with Crippen LogP contribution in [0.15, 0.2) is 45.6 Å². The summed E-state index contributed by atoms with van der Waals surface area (Å²) in [6, 6.07) is 7.37. The maximum Gasteiger partial charge on any atom is 0.239 e. The number of aliphatic hydroxyl groups is 9. The molecule has 11 N–H and O–H groups in total. The predicted octanol–water partition coefficient (Wildman–Crippen LogP) is -3.28. The van der Waals surface area contributed by atoms with Gasteiger partial charge < -0.3 is 89.0 Å². The number of fused-ring (bicyclic) bond motifs is 1. The number of benzene rings is 2. The van der Waals surface area contributed by atoms with Gasteiger partial charge in [-0.15, -0.1) is 0 Å². The number of aliphatic hydroxyl groups excluding tert-OH is 9. The zero-order valence-electron chi connectivity index (χ0n) is 26.6. The SMILES string of the molecule is C[C@@H]1O[C@@H](OC[C@H]2O[C@@H](Oc3c(-c4ccc(O)cc4)oc4cc(O[C@H]5O[C@@H](CO)[C@@H](O)[C@@H]5O)cc(O)c4c3=O)[C@H](O)[C@@H](O)[C@H]2O)[C@@H](O)[C@H](O)[C@H]1O. The molecule has 3 fully saturated rings. The highest BCUT2D eigenvalue weighted by molar-refractivity contribution is 5.88. The number of hydrogen-bond donors (Lipinski definition) is 11. The summed E-state index contributed by atoms with van der Waals surface area (Å²) in [4.78, 5) is 14.0. The second-order valence-electron chi connectivity index (χ2n) is 12.4. The maximum atomic E-state index is 14.0. The van der Waals surface area contributed by atoms with Crippen molar-refractivity contribution in [3.8, 4) is 34.3 Å². The van der Waals surface area contributed by atoms with Crippen LogP contribution in [0.1, 0.15) is 6.92 Å². The van der Waals surface area contributed by atoms with Crippen LogP contribution < -0.4 is 14.9 Å². The van der Waals surface area contributed by atoms with E-state index < -0.39 is 122 Å². The Bertz CT molecular complexity index is 1730. The van der Waals surface area contributed by atoms with Gasteiger partial charge in [-0.1, -0.05) is 0 Å². The molecule has 0 saturated carbocycles. The summed E-state index contributed by atoms with van der Waals surface area (Å²) in [5.41, 5.74) is -1.16. The first-order chi connectivity index (χ1) is 24.2.